The topological polar surface area (TPSA) is 115 Å². The molecular weight excluding hydrogens is 494 g/mol. The van der Waals surface area contributed by atoms with E-state index in [2.05, 4.69) is 15.7 Å². The first kappa shape index (κ1) is 23.4. The molecule has 2 N–H and O–H groups in total. The Kier molecular flexibility index (Phi) is 5.54. The third kappa shape index (κ3) is 4.27. The second-order valence-electron chi connectivity index (χ2n) is 10.2. The summed E-state index contributed by atoms with van der Waals surface area (Å²) in [6, 6.07) is 17.5. The predicted octanol–water partition coefficient (Wildman–Crippen LogP) is 3.80. The number of amides is 2. The van der Waals surface area contributed by atoms with Gasteiger partial charge in [-0.15, -0.1) is 0 Å². The van der Waals surface area contributed by atoms with Gasteiger partial charge in [-0.3, -0.25) is 14.3 Å². The third-order valence-corrected chi connectivity index (χ3v) is 7.25. The van der Waals surface area contributed by atoms with Gasteiger partial charge in [0.15, 0.2) is 0 Å². The van der Waals surface area contributed by atoms with Crippen molar-refractivity contribution in [2.45, 2.75) is 51.0 Å². The van der Waals surface area contributed by atoms with E-state index in [1.807, 2.05) is 72.4 Å². The Labute approximate surface area is 224 Å². The van der Waals surface area contributed by atoms with Crippen molar-refractivity contribution < 1.29 is 14.3 Å². The van der Waals surface area contributed by atoms with E-state index < -0.39 is 18.0 Å². The van der Waals surface area contributed by atoms with E-state index in [0.29, 0.717) is 35.6 Å². The molecule has 39 heavy (non-hydrogen) atoms. The second kappa shape index (κ2) is 9.23. The van der Waals surface area contributed by atoms with Crippen LogP contribution in [0.3, 0.4) is 0 Å². The summed E-state index contributed by atoms with van der Waals surface area (Å²) in [7, 11) is 0. The third-order valence-electron chi connectivity index (χ3n) is 7.25. The first-order valence-corrected chi connectivity index (χ1v) is 13.2. The van der Waals surface area contributed by atoms with Crippen LogP contribution in [0, 0.1) is 0 Å². The van der Waals surface area contributed by atoms with Crippen LogP contribution in [-0.4, -0.2) is 49.4 Å². The highest BCUT2D eigenvalue weighted by Crippen LogP contribution is 2.38. The van der Waals surface area contributed by atoms with Crippen LogP contribution in [0.15, 0.2) is 72.0 Å². The predicted molar refractivity (Wildman–Crippen MR) is 145 cm³/mol. The Morgan fingerprint density at radius 1 is 1.05 bits per heavy atom. The lowest BCUT2D eigenvalue weighted by Gasteiger charge is -2.22. The molecule has 2 aromatic carbocycles. The summed E-state index contributed by atoms with van der Waals surface area (Å²) in [4.78, 5) is 32.1. The van der Waals surface area contributed by atoms with Gasteiger partial charge >= 0.3 is 0 Å². The van der Waals surface area contributed by atoms with Gasteiger partial charge in [-0.2, -0.15) is 10.2 Å². The van der Waals surface area contributed by atoms with Gasteiger partial charge in [-0.25, -0.2) is 9.67 Å². The van der Waals surface area contributed by atoms with E-state index in [-0.39, 0.29) is 11.7 Å². The summed E-state index contributed by atoms with van der Waals surface area (Å²) in [5, 5.41) is 15.0. The lowest BCUT2D eigenvalue weighted by atomic mass is 10.0. The molecule has 196 valence electrons. The number of ether oxygens (including phenoxy) is 1. The average molecular weight is 522 g/mol. The van der Waals surface area contributed by atoms with Crippen LogP contribution in [0.5, 0.6) is 5.88 Å². The van der Waals surface area contributed by atoms with Gasteiger partial charge in [0.1, 0.15) is 11.3 Å². The molecule has 2 aliphatic heterocycles. The van der Waals surface area contributed by atoms with E-state index in [4.69, 9.17) is 14.8 Å². The quantitative estimate of drug-likeness (QED) is 0.415. The van der Waals surface area contributed by atoms with E-state index in [1.165, 1.54) is 0 Å². The van der Waals surface area contributed by atoms with E-state index >= 15 is 0 Å². The van der Waals surface area contributed by atoms with Gasteiger partial charge in [0.05, 0.1) is 29.7 Å². The first-order chi connectivity index (χ1) is 19.0. The van der Waals surface area contributed by atoms with Gasteiger partial charge < -0.3 is 15.4 Å². The number of nitrogens with zero attached hydrogens (tertiary/aromatic N) is 5. The summed E-state index contributed by atoms with van der Waals surface area (Å²) in [5.74, 6) is -0.521. The maximum Gasteiger partial charge on any atom is 0.269 e. The maximum atomic E-state index is 14.0. The molecule has 2 amide bonds. The Bertz CT molecular complexity index is 1620. The van der Waals surface area contributed by atoms with Gasteiger partial charge in [0, 0.05) is 35.9 Å². The number of hydrogen-bond donors (Lipinski definition) is 2. The van der Waals surface area contributed by atoms with Gasteiger partial charge in [-0.05, 0) is 25.8 Å². The zero-order chi connectivity index (χ0) is 26.5. The molecule has 3 aliphatic rings. The number of fused-ring (bicyclic) bond motifs is 2. The Balaban J connectivity index is 1.28. The minimum absolute atomic E-state index is 0.0684. The molecule has 1 saturated carbocycles. The molecule has 0 radical (unpaired) electrons. The highest BCUT2D eigenvalue weighted by molar-refractivity contribution is 6.20. The fraction of sp³-hybridized carbons (Fsp3) is 0.276. The molecule has 4 aromatic rings. The van der Waals surface area contributed by atoms with Gasteiger partial charge in [0.2, 0.25) is 12.0 Å². The summed E-state index contributed by atoms with van der Waals surface area (Å²) in [5.41, 5.74) is 4.36. The fourth-order valence-electron chi connectivity index (χ4n) is 5.05. The van der Waals surface area contributed by atoms with Gasteiger partial charge in [-0.1, -0.05) is 48.5 Å². The number of rotatable bonds is 5. The smallest absolute Gasteiger partial charge is 0.269 e. The van der Waals surface area contributed by atoms with E-state index in [1.54, 1.807) is 10.9 Å². The van der Waals surface area contributed by atoms with Crippen LogP contribution in [0.1, 0.15) is 53.7 Å². The fourth-order valence-corrected chi connectivity index (χ4v) is 5.05. The molecule has 2 atom stereocenters. The first-order valence-electron chi connectivity index (χ1n) is 13.2. The van der Waals surface area contributed by atoms with Crippen molar-refractivity contribution in [1.82, 2.24) is 24.9 Å². The summed E-state index contributed by atoms with van der Waals surface area (Å²) in [6.07, 6.45) is 5.39. The SMILES string of the molecule is C[C@@H]1CCn2nc(-c3cnn(C4CC4)c3)c(C(=O)N[C@H]3N=C(c4ccccc4)c4ccccc4NC3=O)c2O1. The van der Waals surface area contributed by atoms with Crippen LogP contribution >= 0.6 is 0 Å². The number of benzene rings is 2. The molecule has 4 heterocycles. The monoisotopic (exact) mass is 521 g/mol. The van der Waals surface area contributed by atoms with Crippen molar-refractivity contribution in [3.05, 3.63) is 83.7 Å². The Hall–Kier alpha value is -4.73. The van der Waals surface area contributed by atoms with Crippen molar-refractivity contribution >= 4 is 23.2 Å². The summed E-state index contributed by atoms with van der Waals surface area (Å²) in [6.45, 7) is 2.60. The number of hydrogen-bond acceptors (Lipinski definition) is 6. The highest BCUT2D eigenvalue weighted by atomic mass is 16.5. The maximum absolute atomic E-state index is 14.0. The van der Waals surface area contributed by atoms with E-state index in [0.717, 1.165) is 36.0 Å². The number of carbonyl (C=O) groups excluding carboxylic acids is 2. The van der Waals surface area contributed by atoms with Crippen molar-refractivity contribution in [3.8, 4) is 17.1 Å². The van der Waals surface area contributed by atoms with Crippen molar-refractivity contribution in [3.63, 3.8) is 0 Å². The second-order valence-corrected chi connectivity index (χ2v) is 10.2. The molecule has 7 rings (SSSR count). The number of aliphatic imine (C=N–C) groups is 1. The van der Waals surface area contributed by atoms with Crippen molar-refractivity contribution in [2.24, 2.45) is 4.99 Å². The average Bonchev–Trinajstić information content (AvgIpc) is 3.59. The van der Waals surface area contributed by atoms with Crippen molar-refractivity contribution in [1.29, 1.82) is 0 Å². The number of aryl methyl sites for hydroxylation is 1. The lowest BCUT2D eigenvalue weighted by Crippen LogP contribution is -2.42. The van der Waals surface area contributed by atoms with Gasteiger partial charge in [0.25, 0.3) is 11.8 Å². The molecule has 0 bridgehead atoms. The zero-order valence-electron chi connectivity index (χ0n) is 21.4. The molecule has 2 aromatic heterocycles. The van der Waals surface area contributed by atoms with Crippen LogP contribution < -0.4 is 15.4 Å². The normalized spacial score (nSPS) is 20.1. The number of nitrogens with one attached hydrogen (secondary N) is 2. The molecule has 1 aliphatic carbocycles. The zero-order valence-corrected chi connectivity index (χ0v) is 21.4. The number of aromatic nitrogens is 4. The number of carbonyl (C=O) groups is 2. The summed E-state index contributed by atoms with van der Waals surface area (Å²) < 4.78 is 9.76. The van der Waals surface area contributed by atoms with E-state index in [9.17, 15) is 9.59 Å². The number of anilines is 1. The van der Waals surface area contributed by atoms with Crippen LogP contribution in [0.25, 0.3) is 11.3 Å². The molecule has 0 spiro atoms. The van der Waals surface area contributed by atoms with Crippen LogP contribution in [-0.2, 0) is 11.3 Å². The largest absolute Gasteiger partial charge is 0.474 e. The molecule has 10 nitrogen and oxygen atoms in total. The van der Waals surface area contributed by atoms with Crippen LogP contribution in [0.2, 0.25) is 0 Å². The van der Waals surface area contributed by atoms with Crippen molar-refractivity contribution in [2.75, 3.05) is 5.32 Å². The standard InChI is InChI=1S/C29H27N7O3/c1-17-13-14-35-29(39-17)23(25(34-35)19-15-30-36(16-19)20-11-12-20)27(37)33-26-28(38)31-22-10-6-5-9-21(22)24(32-26)18-7-3-2-4-8-18/h2-10,15-17,20,26H,11-14H2,1H3,(H,31,38)(H,33,37)/t17-,26-/m1/s1. The molecule has 0 unspecified atom stereocenters. The number of benzodiazepines with no additional fused rings is 1. The number of para-hydroxylation sites is 1. The minimum atomic E-state index is -1.17. The molecule has 1 fully saturated rings. The summed E-state index contributed by atoms with van der Waals surface area (Å²) >= 11 is 0. The lowest BCUT2D eigenvalue weighted by molar-refractivity contribution is -0.117. The molecule has 10 heteroatoms. The Morgan fingerprint density at radius 2 is 1.85 bits per heavy atom. The van der Waals surface area contributed by atoms with Crippen LogP contribution in [0.4, 0.5) is 5.69 Å². The molecular formula is C29H27N7O3. The minimum Gasteiger partial charge on any atom is -0.474 e. The Morgan fingerprint density at radius 3 is 2.67 bits per heavy atom. The molecule has 0 saturated heterocycles. The highest BCUT2D eigenvalue weighted by Gasteiger charge is 2.34.